The van der Waals surface area contributed by atoms with E-state index in [1.54, 1.807) is 26.4 Å². The molecule has 0 aliphatic carbocycles. The highest BCUT2D eigenvalue weighted by molar-refractivity contribution is 5.95. The molecule has 6 heteroatoms. The smallest absolute Gasteiger partial charge is 0.308 e. The Labute approximate surface area is 210 Å². The van der Waals surface area contributed by atoms with Crippen LogP contribution < -0.4 is 9.47 Å². The van der Waals surface area contributed by atoms with E-state index < -0.39 is 0 Å². The summed E-state index contributed by atoms with van der Waals surface area (Å²) in [6.45, 7) is 5.23. The molecule has 0 N–H and O–H groups in total. The van der Waals surface area contributed by atoms with Crippen LogP contribution in [0, 0.1) is 12.8 Å². The Hall–Kier alpha value is -3.02. The summed E-state index contributed by atoms with van der Waals surface area (Å²) in [4.78, 5) is 27.7. The summed E-state index contributed by atoms with van der Waals surface area (Å²) in [7, 11) is 4.63. The summed E-state index contributed by atoms with van der Waals surface area (Å²) in [5.41, 5.74) is 2.66. The van der Waals surface area contributed by atoms with Gasteiger partial charge < -0.3 is 19.1 Å². The fraction of sp³-hybridized carbons (Fsp3) is 0.517. The Morgan fingerprint density at radius 3 is 2.06 bits per heavy atom. The molecule has 6 nitrogen and oxygen atoms in total. The number of unbranched alkanes of at least 4 members (excludes halogenated alkanes) is 1. The largest absolute Gasteiger partial charge is 0.496 e. The minimum Gasteiger partial charge on any atom is -0.496 e. The molecular weight excluding hydrogens is 442 g/mol. The second-order valence-corrected chi connectivity index (χ2v) is 8.89. The van der Waals surface area contributed by atoms with Crippen LogP contribution >= 0.6 is 0 Å². The van der Waals surface area contributed by atoms with Gasteiger partial charge in [0.2, 0.25) is 0 Å². The topological polar surface area (TPSA) is 65.1 Å². The number of hydrogen-bond acceptors (Lipinski definition) is 5. The third kappa shape index (κ3) is 8.61. The monoisotopic (exact) mass is 483 g/mol. The van der Waals surface area contributed by atoms with Gasteiger partial charge in [-0.2, -0.15) is 0 Å². The molecule has 0 radical (unpaired) electrons. The van der Waals surface area contributed by atoms with Crippen molar-refractivity contribution in [3.05, 3.63) is 59.2 Å². The maximum Gasteiger partial charge on any atom is 0.308 e. The zero-order valence-corrected chi connectivity index (χ0v) is 22.0. The van der Waals surface area contributed by atoms with E-state index in [0.717, 1.165) is 44.1 Å². The number of hydrogen-bond donors (Lipinski definition) is 0. The van der Waals surface area contributed by atoms with Gasteiger partial charge in [0.25, 0.3) is 5.91 Å². The van der Waals surface area contributed by atoms with Gasteiger partial charge >= 0.3 is 5.97 Å². The van der Waals surface area contributed by atoms with Gasteiger partial charge in [0, 0.05) is 24.2 Å². The van der Waals surface area contributed by atoms with E-state index >= 15 is 0 Å². The Morgan fingerprint density at radius 2 is 1.49 bits per heavy atom. The predicted molar refractivity (Wildman–Crippen MR) is 139 cm³/mol. The average molecular weight is 484 g/mol. The van der Waals surface area contributed by atoms with Gasteiger partial charge in [0.1, 0.15) is 11.5 Å². The van der Waals surface area contributed by atoms with Crippen LogP contribution in [0.5, 0.6) is 11.5 Å². The maximum atomic E-state index is 13.6. The van der Waals surface area contributed by atoms with Gasteiger partial charge in [-0.05, 0) is 56.7 Å². The number of ether oxygens (including phenoxy) is 3. The molecule has 0 saturated heterocycles. The molecule has 0 spiro atoms. The highest BCUT2D eigenvalue weighted by atomic mass is 16.5. The molecule has 0 aliphatic heterocycles. The van der Waals surface area contributed by atoms with E-state index in [4.69, 9.17) is 14.2 Å². The number of aryl methyl sites for hydroxylation is 1. The van der Waals surface area contributed by atoms with E-state index in [-0.39, 0.29) is 17.8 Å². The molecule has 0 bridgehead atoms. The zero-order chi connectivity index (χ0) is 25.6. The molecule has 2 aromatic rings. The Bertz CT molecular complexity index is 903. The van der Waals surface area contributed by atoms with E-state index in [0.29, 0.717) is 36.6 Å². The standard InChI is InChI=1S/C29H41NO5/c1-6-7-16-24(29(32)35-5)17-12-19-30(18-11-15-23-13-9-8-10-14-23)28(31)25-20-26(33-3)22(2)27(21-25)34-4/h8-10,13-14,20-21,24H,6-7,11-12,15-19H2,1-5H3. The average Bonchev–Trinajstić information content (AvgIpc) is 2.89. The van der Waals surface area contributed by atoms with E-state index in [9.17, 15) is 9.59 Å². The lowest BCUT2D eigenvalue weighted by atomic mass is 9.96. The molecule has 2 aromatic carbocycles. The van der Waals surface area contributed by atoms with Crippen LogP contribution in [0.4, 0.5) is 0 Å². The van der Waals surface area contributed by atoms with E-state index in [1.807, 2.05) is 30.0 Å². The fourth-order valence-electron chi connectivity index (χ4n) is 4.35. The van der Waals surface area contributed by atoms with Crippen LogP contribution in [0.15, 0.2) is 42.5 Å². The number of esters is 1. The Morgan fingerprint density at radius 1 is 0.886 bits per heavy atom. The summed E-state index contributed by atoms with van der Waals surface area (Å²) < 4.78 is 16.0. The third-order valence-electron chi connectivity index (χ3n) is 6.44. The highest BCUT2D eigenvalue weighted by Crippen LogP contribution is 2.30. The molecule has 2 rings (SSSR count). The first-order valence-corrected chi connectivity index (χ1v) is 12.6. The van der Waals surface area contributed by atoms with Crippen molar-refractivity contribution in [3.63, 3.8) is 0 Å². The molecule has 192 valence electrons. The number of amides is 1. The number of methoxy groups -OCH3 is 3. The quantitative estimate of drug-likeness (QED) is 0.298. The van der Waals surface area contributed by atoms with Gasteiger partial charge in [-0.1, -0.05) is 50.1 Å². The SMILES string of the molecule is CCCCC(CCCN(CCCc1ccccc1)C(=O)c1cc(OC)c(C)c(OC)c1)C(=O)OC. The van der Waals surface area contributed by atoms with Crippen LogP contribution in [-0.2, 0) is 16.0 Å². The summed E-state index contributed by atoms with van der Waals surface area (Å²) in [5, 5.41) is 0. The van der Waals surface area contributed by atoms with Crippen molar-refractivity contribution >= 4 is 11.9 Å². The Balaban J connectivity index is 2.16. The van der Waals surface area contributed by atoms with Crippen molar-refractivity contribution in [3.8, 4) is 11.5 Å². The molecule has 1 atom stereocenters. The number of benzene rings is 2. The third-order valence-corrected chi connectivity index (χ3v) is 6.44. The van der Waals surface area contributed by atoms with Gasteiger partial charge in [-0.25, -0.2) is 0 Å². The summed E-state index contributed by atoms with van der Waals surface area (Å²) in [6, 6.07) is 13.9. The normalized spacial score (nSPS) is 11.6. The summed E-state index contributed by atoms with van der Waals surface area (Å²) >= 11 is 0. The van der Waals surface area contributed by atoms with Crippen LogP contribution in [0.3, 0.4) is 0 Å². The van der Waals surface area contributed by atoms with Crippen molar-refractivity contribution in [2.75, 3.05) is 34.4 Å². The van der Waals surface area contributed by atoms with Crippen LogP contribution in [0.25, 0.3) is 0 Å². The fourth-order valence-corrected chi connectivity index (χ4v) is 4.35. The van der Waals surface area contributed by atoms with Crippen molar-refractivity contribution in [2.24, 2.45) is 5.92 Å². The lowest BCUT2D eigenvalue weighted by molar-refractivity contribution is -0.146. The van der Waals surface area contributed by atoms with Crippen LogP contribution in [-0.4, -0.2) is 51.2 Å². The van der Waals surface area contributed by atoms with Gasteiger partial charge in [-0.15, -0.1) is 0 Å². The molecule has 0 fully saturated rings. The van der Waals surface area contributed by atoms with Crippen molar-refractivity contribution < 1.29 is 23.8 Å². The lowest BCUT2D eigenvalue weighted by Crippen LogP contribution is -2.34. The number of nitrogens with zero attached hydrogens (tertiary/aromatic N) is 1. The predicted octanol–water partition coefficient (Wildman–Crippen LogP) is 5.85. The molecule has 1 amide bonds. The molecule has 35 heavy (non-hydrogen) atoms. The van der Waals surface area contributed by atoms with E-state index in [1.165, 1.54) is 12.7 Å². The highest BCUT2D eigenvalue weighted by Gasteiger charge is 2.22. The summed E-state index contributed by atoms with van der Waals surface area (Å²) in [5.74, 6) is 0.913. The minimum atomic E-state index is -0.159. The maximum absolute atomic E-state index is 13.6. The van der Waals surface area contributed by atoms with Gasteiger partial charge in [0.05, 0.1) is 27.2 Å². The molecular formula is C29H41NO5. The number of rotatable bonds is 15. The first kappa shape index (κ1) is 28.2. The van der Waals surface area contributed by atoms with Crippen LogP contribution in [0.1, 0.15) is 66.9 Å². The number of carbonyl (C=O) groups excluding carboxylic acids is 2. The summed E-state index contributed by atoms with van der Waals surface area (Å²) in [6.07, 6.45) is 6.03. The Kier molecular flexibility index (Phi) is 12.2. The lowest BCUT2D eigenvalue weighted by Gasteiger charge is -2.25. The first-order valence-electron chi connectivity index (χ1n) is 12.6. The van der Waals surface area contributed by atoms with Crippen molar-refractivity contribution in [2.45, 2.75) is 58.8 Å². The molecule has 0 aromatic heterocycles. The first-order chi connectivity index (χ1) is 16.9. The number of carbonyl (C=O) groups is 2. The van der Waals surface area contributed by atoms with Crippen molar-refractivity contribution in [1.82, 2.24) is 4.90 Å². The van der Waals surface area contributed by atoms with Gasteiger partial charge in [-0.3, -0.25) is 9.59 Å². The van der Waals surface area contributed by atoms with Crippen molar-refractivity contribution in [1.29, 1.82) is 0 Å². The van der Waals surface area contributed by atoms with E-state index in [2.05, 4.69) is 19.1 Å². The second kappa shape index (κ2) is 15.1. The molecule has 1 unspecified atom stereocenters. The van der Waals surface area contributed by atoms with Gasteiger partial charge in [0.15, 0.2) is 0 Å². The zero-order valence-electron chi connectivity index (χ0n) is 22.0. The molecule has 0 saturated carbocycles. The molecule has 0 heterocycles. The minimum absolute atomic E-state index is 0.0576. The second-order valence-electron chi connectivity index (χ2n) is 8.89. The van der Waals surface area contributed by atoms with Crippen LogP contribution in [0.2, 0.25) is 0 Å². The molecule has 0 aliphatic rings.